The normalized spacial score (nSPS) is 6.23. The van der Waals surface area contributed by atoms with E-state index in [-0.39, 0.29) is 6.15 Å². The molecule has 10 nitrogen and oxygen atoms in total. The fourth-order valence-corrected chi connectivity index (χ4v) is 0. The lowest BCUT2D eigenvalue weighted by Crippen LogP contribution is -2.07. The largest absolute Gasteiger partial charge is 0.631 e. The van der Waals surface area contributed by atoms with Gasteiger partial charge < -0.3 is 51.4 Å². The van der Waals surface area contributed by atoms with Gasteiger partial charge in [0.2, 0.25) is 0 Å². The van der Waals surface area contributed by atoms with Crippen LogP contribution in [-0.2, 0) is 0 Å². The Morgan fingerprint density at radius 3 is 0.385 bits per heavy atom. The van der Waals surface area contributed by atoms with Crippen molar-refractivity contribution in [2.45, 2.75) is 0 Å². The maximum atomic E-state index is 7.17. The highest BCUT2D eigenvalue weighted by Gasteiger charge is 1.93. The molecule has 0 radical (unpaired) electrons. The average molecular weight is 203 g/mol. The van der Waals surface area contributed by atoms with Crippen molar-refractivity contribution in [1.82, 2.24) is 6.15 Å². The van der Waals surface area contributed by atoms with Crippen LogP contribution in [0.15, 0.2) is 0 Å². The van der Waals surface area contributed by atoms with Gasteiger partial charge in [0.05, 0.1) is 0 Å². The van der Waals surface area contributed by atoms with Gasteiger partial charge in [0.25, 0.3) is 0 Å². The summed E-state index contributed by atoms with van der Waals surface area (Å²) in [5.74, 6) is 0. The van der Waals surface area contributed by atoms with E-state index in [1.165, 1.54) is 0 Å². The lowest BCUT2D eigenvalue weighted by atomic mass is 10.3. The van der Waals surface area contributed by atoms with E-state index >= 15 is 0 Å². The predicted octanol–water partition coefficient (Wildman–Crippen LogP) is -5.99. The molecule has 12 N–H and O–H groups in total. The summed E-state index contributed by atoms with van der Waals surface area (Å²) in [5, 5.41) is 64.5. The van der Waals surface area contributed by atoms with Gasteiger partial charge in [-0.1, -0.05) is 0 Å². The van der Waals surface area contributed by atoms with Crippen molar-refractivity contribution in [2.75, 3.05) is 0 Å². The summed E-state index contributed by atoms with van der Waals surface area (Å²) in [5.41, 5.74) is 0. The minimum atomic E-state index is -2.17. The molecule has 80 valence electrons. The second kappa shape index (κ2) is 17.8. The highest BCUT2D eigenvalue weighted by molar-refractivity contribution is 6.31. The Kier molecular flexibility index (Phi) is 31.5. The van der Waals surface area contributed by atoms with E-state index in [9.17, 15) is 0 Å². The van der Waals surface area contributed by atoms with Crippen molar-refractivity contribution in [3.05, 3.63) is 0 Å². The molecular formula is H12B3NO9. The first-order chi connectivity index (χ1) is 5.20. The maximum absolute atomic E-state index is 7.17. The van der Waals surface area contributed by atoms with Gasteiger partial charge in [-0.25, -0.2) is 0 Å². The smallest absolute Gasteiger partial charge is 0.402 e. The second-order valence-corrected chi connectivity index (χ2v) is 1.04. The van der Waals surface area contributed by atoms with Crippen LogP contribution in [0.1, 0.15) is 0 Å². The zero-order chi connectivity index (χ0) is 10.7. The van der Waals surface area contributed by atoms with Crippen LogP contribution in [0.4, 0.5) is 0 Å². The molecule has 0 spiro atoms. The molecule has 0 aliphatic rings. The van der Waals surface area contributed by atoms with E-state index in [4.69, 9.17) is 45.2 Å². The van der Waals surface area contributed by atoms with E-state index in [1.807, 2.05) is 0 Å². The Balaban J connectivity index is -0.0000000450. The highest BCUT2D eigenvalue weighted by atomic mass is 16.5. The Morgan fingerprint density at radius 1 is 0.385 bits per heavy atom. The van der Waals surface area contributed by atoms with Crippen molar-refractivity contribution in [3.8, 4) is 0 Å². The quantitative estimate of drug-likeness (QED) is 0.168. The third-order valence-electron chi connectivity index (χ3n) is 0. The van der Waals surface area contributed by atoms with Gasteiger partial charge in [0.15, 0.2) is 0 Å². The molecule has 13 heavy (non-hydrogen) atoms. The summed E-state index contributed by atoms with van der Waals surface area (Å²) < 4.78 is 0. The Bertz CT molecular complexity index is 43.4. The SMILES string of the molecule is N.OB(O)O.OB(O)O.OB(O)O. The summed E-state index contributed by atoms with van der Waals surface area (Å²) in [4.78, 5) is 0. The molecule has 0 saturated carbocycles. The first kappa shape index (κ1) is 23.0. The van der Waals surface area contributed by atoms with Gasteiger partial charge in [-0.05, 0) is 0 Å². The molecule has 0 aliphatic heterocycles. The summed E-state index contributed by atoms with van der Waals surface area (Å²) in [6, 6.07) is 0. The Hall–Kier alpha value is -0.205. The molecule has 0 fully saturated rings. The number of hydrogen-bond acceptors (Lipinski definition) is 10. The molecule has 0 rings (SSSR count). The van der Waals surface area contributed by atoms with Crippen LogP contribution < -0.4 is 6.15 Å². The lowest BCUT2D eigenvalue weighted by molar-refractivity contribution is 0.276. The topological polar surface area (TPSA) is 217 Å². The minimum Gasteiger partial charge on any atom is -0.402 e. The molecule has 0 unspecified atom stereocenters. The first-order valence-corrected chi connectivity index (χ1v) is 2.32. The molecule has 0 heterocycles. The van der Waals surface area contributed by atoms with Crippen LogP contribution in [0.5, 0.6) is 0 Å². The van der Waals surface area contributed by atoms with E-state index < -0.39 is 22.0 Å². The van der Waals surface area contributed by atoms with Gasteiger partial charge in [-0.2, -0.15) is 0 Å². The maximum Gasteiger partial charge on any atom is 0.631 e. The number of rotatable bonds is 0. The molecule has 0 aromatic carbocycles. The fourth-order valence-electron chi connectivity index (χ4n) is 0. The molecule has 13 heteroatoms. The number of hydrogen-bond donors (Lipinski definition) is 10. The molecular weight excluding hydrogens is 190 g/mol. The van der Waals surface area contributed by atoms with Crippen molar-refractivity contribution in [3.63, 3.8) is 0 Å². The van der Waals surface area contributed by atoms with Gasteiger partial charge in [0.1, 0.15) is 0 Å². The third-order valence-corrected chi connectivity index (χ3v) is 0. The predicted molar refractivity (Wildman–Crippen MR) is 42.3 cm³/mol. The van der Waals surface area contributed by atoms with Crippen LogP contribution in [0.3, 0.4) is 0 Å². The Morgan fingerprint density at radius 2 is 0.385 bits per heavy atom. The molecule has 0 aliphatic carbocycles. The summed E-state index contributed by atoms with van der Waals surface area (Å²) in [6.45, 7) is 0. The van der Waals surface area contributed by atoms with Crippen molar-refractivity contribution in [1.29, 1.82) is 0 Å². The van der Waals surface area contributed by atoms with Crippen LogP contribution >= 0.6 is 0 Å². The molecule has 0 amide bonds. The summed E-state index contributed by atoms with van der Waals surface area (Å²) in [6.07, 6.45) is 0. The van der Waals surface area contributed by atoms with Crippen LogP contribution in [0.2, 0.25) is 0 Å². The van der Waals surface area contributed by atoms with E-state index in [2.05, 4.69) is 0 Å². The molecule has 0 saturated heterocycles. The van der Waals surface area contributed by atoms with Crippen LogP contribution in [0, 0.1) is 0 Å². The van der Waals surface area contributed by atoms with Gasteiger partial charge in [-0.15, -0.1) is 0 Å². The van der Waals surface area contributed by atoms with Gasteiger partial charge >= 0.3 is 22.0 Å². The van der Waals surface area contributed by atoms with Crippen LogP contribution in [0.25, 0.3) is 0 Å². The van der Waals surface area contributed by atoms with E-state index in [1.54, 1.807) is 0 Å². The monoisotopic (exact) mass is 203 g/mol. The van der Waals surface area contributed by atoms with Gasteiger partial charge in [-0.3, -0.25) is 0 Å². The Labute approximate surface area is 74.5 Å². The van der Waals surface area contributed by atoms with E-state index in [0.29, 0.717) is 0 Å². The molecule has 0 aromatic heterocycles. The van der Waals surface area contributed by atoms with Crippen molar-refractivity contribution < 1.29 is 45.2 Å². The zero-order valence-corrected chi connectivity index (χ0v) is 6.46. The second-order valence-electron chi connectivity index (χ2n) is 1.04. The highest BCUT2D eigenvalue weighted by Crippen LogP contribution is 1.41. The molecule has 0 bridgehead atoms. The molecule has 0 aromatic rings. The van der Waals surface area contributed by atoms with Crippen molar-refractivity contribution in [2.24, 2.45) is 0 Å². The first-order valence-electron chi connectivity index (χ1n) is 2.32. The minimum absolute atomic E-state index is 0. The average Bonchev–Trinajstić information content (AvgIpc) is 1.54. The lowest BCUT2D eigenvalue weighted by Gasteiger charge is -1.69. The van der Waals surface area contributed by atoms with Crippen LogP contribution in [-0.4, -0.2) is 67.2 Å². The van der Waals surface area contributed by atoms with Gasteiger partial charge in [0, 0.05) is 0 Å². The standard InChI is InChI=1S/3BH3O3.H3N/c3*2-1(3)4;/h3*2-4H;1H3. The van der Waals surface area contributed by atoms with Crippen molar-refractivity contribution >= 4 is 22.0 Å². The zero-order valence-electron chi connectivity index (χ0n) is 6.46. The third kappa shape index (κ3) is 26900. The van der Waals surface area contributed by atoms with E-state index in [0.717, 1.165) is 0 Å². The summed E-state index contributed by atoms with van der Waals surface area (Å²) in [7, 11) is -6.50. The summed E-state index contributed by atoms with van der Waals surface area (Å²) >= 11 is 0. The molecule has 0 atom stereocenters. The fraction of sp³-hybridized carbons (Fsp3) is 0.